The number of rotatable bonds is 4. The molecule has 0 spiro atoms. The van der Waals surface area contributed by atoms with Gasteiger partial charge in [0.2, 0.25) is 0 Å². The Labute approximate surface area is 149 Å². The van der Waals surface area contributed by atoms with E-state index >= 15 is 0 Å². The van der Waals surface area contributed by atoms with Crippen molar-refractivity contribution in [2.24, 2.45) is 0 Å². The van der Waals surface area contributed by atoms with Crippen LogP contribution in [-0.4, -0.2) is 30.2 Å². The van der Waals surface area contributed by atoms with Gasteiger partial charge in [0.1, 0.15) is 6.54 Å². The SMILES string of the molecule is Cc1c(C[N+](C)(C)C)cc(-c2ccc(Cl)cc2)n1-c1ccccc1. The van der Waals surface area contributed by atoms with E-state index in [0.29, 0.717) is 0 Å². The van der Waals surface area contributed by atoms with Crippen molar-refractivity contribution in [1.29, 1.82) is 0 Å². The number of hydrogen-bond donors (Lipinski definition) is 0. The van der Waals surface area contributed by atoms with Gasteiger partial charge in [-0.2, -0.15) is 0 Å². The maximum Gasteiger partial charge on any atom is 0.106 e. The van der Waals surface area contributed by atoms with E-state index in [1.807, 2.05) is 12.1 Å². The molecule has 24 heavy (non-hydrogen) atoms. The van der Waals surface area contributed by atoms with Crippen molar-refractivity contribution in [3.8, 4) is 16.9 Å². The molecule has 0 saturated heterocycles. The molecule has 0 aliphatic carbocycles. The van der Waals surface area contributed by atoms with E-state index in [2.05, 4.69) is 81.2 Å². The van der Waals surface area contributed by atoms with Crippen molar-refractivity contribution in [2.45, 2.75) is 13.5 Å². The smallest absolute Gasteiger partial charge is 0.106 e. The molecule has 0 saturated carbocycles. The zero-order valence-corrected chi connectivity index (χ0v) is 15.5. The minimum absolute atomic E-state index is 0.764. The number of para-hydroxylation sites is 1. The van der Waals surface area contributed by atoms with Crippen molar-refractivity contribution < 1.29 is 4.48 Å². The number of benzene rings is 2. The maximum absolute atomic E-state index is 6.07. The van der Waals surface area contributed by atoms with Crippen molar-refractivity contribution in [3.63, 3.8) is 0 Å². The Morgan fingerprint density at radius 1 is 0.917 bits per heavy atom. The first kappa shape index (κ1) is 16.8. The average molecular weight is 340 g/mol. The van der Waals surface area contributed by atoms with Crippen LogP contribution in [0.3, 0.4) is 0 Å². The fourth-order valence-corrected chi connectivity index (χ4v) is 3.20. The fraction of sp³-hybridized carbons (Fsp3) is 0.238. The topological polar surface area (TPSA) is 4.93 Å². The number of hydrogen-bond acceptors (Lipinski definition) is 0. The molecule has 0 fully saturated rings. The summed E-state index contributed by atoms with van der Waals surface area (Å²) >= 11 is 6.07. The lowest BCUT2D eigenvalue weighted by molar-refractivity contribution is -0.884. The van der Waals surface area contributed by atoms with E-state index in [1.54, 1.807) is 0 Å². The van der Waals surface area contributed by atoms with E-state index in [1.165, 1.54) is 28.2 Å². The zero-order valence-electron chi connectivity index (χ0n) is 14.8. The second-order valence-corrected chi connectivity index (χ2v) is 7.70. The van der Waals surface area contributed by atoms with Crippen LogP contribution in [0.2, 0.25) is 5.02 Å². The molecule has 0 N–H and O–H groups in total. The van der Waals surface area contributed by atoms with Crippen LogP contribution in [0, 0.1) is 6.92 Å². The van der Waals surface area contributed by atoms with Crippen molar-refractivity contribution in [2.75, 3.05) is 21.1 Å². The molecule has 1 heterocycles. The lowest BCUT2D eigenvalue weighted by Crippen LogP contribution is -2.33. The normalized spacial score (nSPS) is 11.7. The van der Waals surface area contributed by atoms with Crippen LogP contribution in [0.15, 0.2) is 60.7 Å². The van der Waals surface area contributed by atoms with Gasteiger partial charge >= 0.3 is 0 Å². The molecular formula is C21H24ClN2+. The van der Waals surface area contributed by atoms with Crippen LogP contribution in [0.25, 0.3) is 16.9 Å². The summed E-state index contributed by atoms with van der Waals surface area (Å²) in [6.45, 7) is 3.20. The van der Waals surface area contributed by atoms with Crippen LogP contribution in [0.1, 0.15) is 11.3 Å². The number of nitrogens with zero attached hydrogens (tertiary/aromatic N) is 2. The quantitative estimate of drug-likeness (QED) is 0.567. The summed E-state index contributed by atoms with van der Waals surface area (Å²) in [6.07, 6.45) is 0. The summed E-state index contributed by atoms with van der Waals surface area (Å²) < 4.78 is 3.24. The molecule has 124 valence electrons. The third kappa shape index (κ3) is 3.55. The number of halogens is 1. The maximum atomic E-state index is 6.07. The summed E-state index contributed by atoms with van der Waals surface area (Å²) in [6, 6.07) is 20.9. The third-order valence-electron chi connectivity index (χ3n) is 4.15. The molecule has 0 aliphatic heterocycles. The molecule has 0 bridgehead atoms. The van der Waals surface area contributed by atoms with Crippen LogP contribution in [0.5, 0.6) is 0 Å². The summed E-state index contributed by atoms with van der Waals surface area (Å²) in [5.41, 5.74) is 6.24. The van der Waals surface area contributed by atoms with E-state index in [4.69, 9.17) is 11.6 Å². The molecular weight excluding hydrogens is 316 g/mol. The summed E-state index contributed by atoms with van der Waals surface area (Å²) in [5, 5.41) is 0.764. The number of aromatic nitrogens is 1. The highest BCUT2D eigenvalue weighted by Gasteiger charge is 2.19. The Hall–Kier alpha value is -2.03. The predicted molar refractivity (Wildman–Crippen MR) is 103 cm³/mol. The minimum atomic E-state index is 0.764. The Morgan fingerprint density at radius 3 is 2.12 bits per heavy atom. The molecule has 0 unspecified atom stereocenters. The predicted octanol–water partition coefficient (Wildman–Crippen LogP) is 5.31. The van der Waals surface area contributed by atoms with Crippen LogP contribution >= 0.6 is 11.6 Å². The number of quaternary nitrogens is 1. The van der Waals surface area contributed by atoms with Crippen LogP contribution in [-0.2, 0) is 6.54 Å². The third-order valence-corrected chi connectivity index (χ3v) is 4.40. The molecule has 0 aliphatic rings. The van der Waals surface area contributed by atoms with Gasteiger partial charge in [-0.15, -0.1) is 0 Å². The summed E-state index contributed by atoms with van der Waals surface area (Å²) in [7, 11) is 6.67. The van der Waals surface area contributed by atoms with Gasteiger partial charge in [-0.25, -0.2) is 0 Å². The lowest BCUT2D eigenvalue weighted by Gasteiger charge is -2.23. The van der Waals surface area contributed by atoms with Gasteiger partial charge < -0.3 is 9.05 Å². The molecule has 3 heteroatoms. The Morgan fingerprint density at radius 2 is 1.54 bits per heavy atom. The first-order valence-electron chi connectivity index (χ1n) is 8.18. The molecule has 1 aromatic heterocycles. The molecule has 0 atom stereocenters. The second kappa shape index (κ2) is 6.46. The molecule has 3 aromatic rings. The van der Waals surface area contributed by atoms with Gasteiger partial charge in [0.25, 0.3) is 0 Å². The molecule has 3 rings (SSSR count). The van der Waals surface area contributed by atoms with Gasteiger partial charge in [-0.05, 0) is 42.8 Å². The first-order chi connectivity index (χ1) is 11.3. The Bertz CT molecular complexity index is 825. The van der Waals surface area contributed by atoms with E-state index in [-0.39, 0.29) is 0 Å². The molecule has 2 aromatic carbocycles. The highest BCUT2D eigenvalue weighted by Crippen LogP contribution is 2.31. The Balaban J connectivity index is 2.19. The van der Waals surface area contributed by atoms with Crippen molar-refractivity contribution in [1.82, 2.24) is 4.57 Å². The Kier molecular flexibility index (Phi) is 4.53. The standard InChI is InChI=1S/C21H24ClN2/c1-16-18(15-24(2,3)4)14-21(17-10-12-19(22)13-11-17)23(16)20-8-6-5-7-9-20/h5-14H,15H2,1-4H3/q+1. The monoisotopic (exact) mass is 339 g/mol. The van der Waals surface area contributed by atoms with Crippen LogP contribution < -0.4 is 0 Å². The van der Waals surface area contributed by atoms with Crippen LogP contribution in [0.4, 0.5) is 0 Å². The van der Waals surface area contributed by atoms with Gasteiger partial charge in [-0.1, -0.05) is 41.9 Å². The van der Waals surface area contributed by atoms with Crippen molar-refractivity contribution in [3.05, 3.63) is 76.9 Å². The largest absolute Gasteiger partial charge is 0.327 e. The van der Waals surface area contributed by atoms with E-state index in [9.17, 15) is 0 Å². The molecule has 2 nitrogen and oxygen atoms in total. The van der Waals surface area contributed by atoms with Crippen molar-refractivity contribution >= 4 is 11.6 Å². The summed E-state index contributed by atoms with van der Waals surface area (Å²) in [4.78, 5) is 0. The highest BCUT2D eigenvalue weighted by molar-refractivity contribution is 6.30. The minimum Gasteiger partial charge on any atom is -0.327 e. The highest BCUT2D eigenvalue weighted by atomic mass is 35.5. The van der Waals surface area contributed by atoms with E-state index in [0.717, 1.165) is 16.1 Å². The average Bonchev–Trinajstić information content (AvgIpc) is 2.84. The van der Waals surface area contributed by atoms with Gasteiger partial charge in [-0.3, -0.25) is 0 Å². The lowest BCUT2D eigenvalue weighted by atomic mass is 10.1. The van der Waals surface area contributed by atoms with E-state index < -0.39 is 0 Å². The first-order valence-corrected chi connectivity index (χ1v) is 8.56. The van der Waals surface area contributed by atoms with Gasteiger partial charge in [0.15, 0.2) is 0 Å². The summed E-state index contributed by atoms with van der Waals surface area (Å²) in [5.74, 6) is 0. The fourth-order valence-electron chi connectivity index (χ4n) is 3.07. The molecule has 0 radical (unpaired) electrons. The zero-order chi connectivity index (χ0) is 17.3. The second-order valence-electron chi connectivity index (χ2n) is 7.27. The molecule has 0 amide bonds. The van der Waals surface area contributed by atoms with Gasteiger partial charge in [0.05, 0.1) is 26.8 Å². The van der Waals surface area contributed by atoms with Gasteiger partial charge in [0, 0.05) is 22.0 Å².